The summed E-state index contributed by atoms with van der Waals surface area (Å²) < 4.78 is 0. The van der Waals surface area contributed by atoms with Crippen molar-refractivity contribution < 1.29 is 0 Å². The van der Waals surface area contributed by atoms with E-state index in [4.69, 9.17) is 0 Å². The van der Waals surface area contributed by atoms with Gasteiger partial charge < -0.3 is 10.6 Å². The van der Waals surface area contributed by atoms with Gasteiger partial charge in [0.05, 0.1) is 5.52 Å². The quantitative estimate of drug-likeness (QED) is 0.655. The predicted molar refractivity (Wildman–Crippen MR) is 89.4 cm³/mol. The van der Waals surface area contributed by atoms with Crippen molar-refractivity contribution in [3.05, 3.63) is 42.1 Å². The molecule has 0 bridgehead atoms. The van der Waals surface area contributed by atoms with Crippen LogP contribution in [0.1, 0.15) is 25.8 Å². The minimum atomic E-state index is 0.694. The SMILES string of the molecule is CN=C(NCCC(C)C)NCc1ccnc2ccccc12. The van der Waals surface area contributed by atoms with E-state index in [1.165, 1.54) is 10.9 Å². The molecule has 2 N–H and O–H groups in total. The Kier molecular flexibility index (Phi) is 5.55. The average Bonchev–Trinajstić information content (AvgIpc) is 2.50. The number of guanidine groups is 1. The van der Waals surface area contributed by atoms with Gasteiger partial charge >= 0.3 is 0 Å². The lowest BCUT2D eigenvalue weighted by molar-refractivity contribution is 0.573. The van der Waals surface area contributed by atoms with Gasteiger partial charge in [0.15, 0.2) is 5.96 Å². The van der Waals surface area contributed by atoms with Crippen LogP contribution in [0, 0.1) is 5.92 Å². The van der Waals surface area contributed by atoms with Gasteiger partial charge in [0.1, 0.15) is 0 Å². The summed E-state index contributed by atoms with van der Waals surface area (Å²) >= 11 is 0. The molecule has 0 unspecified atom stereocenters. The fourth-order valence-electron chi connectivity index (χ4n) is 2.19. The number of para-hydroxylation sites is 1. The van der Waals surface area contributed by atoms with Crippen molar-refractivity contribution in [3.8, 4) is 0 Å². The summed E-state index contributed by atoms with van der Waals surface area (Å²) in [5.41, 5.74) is 2.26. The Morgan fingerprint density at radius 3 is 2.76 bits per heavy atom. The van der Waals surface area contributed by atoms with Gasteiger partial charge in [-0.15, -0.1) is 0 Å². The third kappa shape index (κ3) is 4.45. The van der Waals surface area contributed by atoms with Crippen molar-refractivity contribution in [1.29, 1.82) is 0 Å². The number of hydrogen-bond donors (Lipinski definition) is 2. The molecule has 0 radical (unpaired) electrons. The molecule has 0 aliphatic rings. The second-order valence-corrected chi connectivity index (χ2v) is 5.52. The molecule has 2 aromatic rings. The molecule has 1 aromatic carbocycles. The molecule has 0 aliphatic carbocycles. The van der Waals surface area contributed by atoms with Gasteiger partial charge in [0.25, 0.3) is 0 Å². The predicted octanol–water partition coefficient (Wildman–Crippen LogP) is 2.95. The van der Waals surface area contributed by atoms with Crippen molar-refractivity contribution in [2.75, 3.05) is 13.6 Å². The van der Waals surface area contributed by atoms with E-state index < -0.39 is 0 Å². The van der Waals surface area contributed by atoms with Crippen molar-refractivity contribution in [3.63, 3.8) is 0 Å². The summed E-state index contributed by atoms with van der Waals surface area (Å²) in [5, 5.41) is 7.89. The largest absolute Gasteiger partial charge is 0.356 e. The number of rotatable bonds is 5. The molecule has 112 valence electrons. The van der Waals surface area contributed by atoms with Gasteiger partial charge in [-0.25, -0.2) is 0 Å². The number of aromatic nitrogens is 1. The zero-order valence-corrected chi connectivity index (χ0v) is 13.1. The minimum Gasteiger partial charge on any atom is -0.356 e. The van der Waals surface area contributed by atoms with Gasteiger partial charge in [-0.05, 0) is 30.0 Å². The lowest BCUT2D eigenvalue weighted by Crippen LogP contribution is -2.37. The molecule has 0 spiro atoms. The maximum atomic E-state index is 4.38. The Bertz CT molecular complexity index is 599. The highest BCUT2D eigenvalue weighted by atomic mass is 15.2. The van der Waals surface area contributed by atoms with Crippen LogP contribution in [0.3, 0.4) is 0 Å². The zero-order valence-electron chi connectivity index (χ0n) is 13.1. The fourth-order valence-corrected chi connectivity index (χ4v) is 2.19. The Morgan fingerprint density at radius 2 is 2.00 bits per heavy atom. The molecule has 4 nitrogen and oxygen atoms in total. The summed E-state index contributed by atoms with van der Waals surface area (Å²) in [6, 6.07) is 10.3. The second kappa shape index (κ2) is 7.62. The van der Waals surface area contributed by atoms with E-state index in [0.29, 0.717) is 5.92 Å². The Hall–Kier alpha value is -2.10. The molecule has 21 heavy (non-hydrogen) atoms. The molecule has 0 fully saturated rings. The third-order valence-electron chi connectivity index (χ3n) is 3.42. The van der Waals surface area contributed by atoms with E-state index in [0.717, 1.165) is 31.0 Å². The first-order chi connectivity index (χ1) is 10.2. The number of aliphatic imine (C=N–C) groups is 1. The number of pyridine rings is 1. The first-order valence-electron chi connectivity index (χ1n) is 7.48. The van der Waals surface area contributed by atoms with Crippen molar-refractivity contribution >= 4 is 16.9 Å². The van der Waals surface area contributed by atoms with E-state index in [2.05, 4.69) is 46.6 Å². The minimum absolute atomic E-state index is 0.694. The van der Waals surface area contributed by atoms with Crippen molar-refractivity contribution in [2.45, 2.75) is 26.8 Å². The summed E-state index contributed by atoms with van der Waals surface area (Å²) in [5.74, 6) is 1.54. The lowest BCUT2D eigenvalue weighted by Gasteiger charge is -2.13. The van der Waals surface area contributed by atoms with Gasteiger partial charge in [-0.1, -0.05) is 32.0 Å². The smallest absolute Gasteiger partial charge is 0.191 e. The average molecular weight is 284 g/mol. The van der Waals surface area contributed by atoms with E-state index in [9.17, 15) is 0 Å². The highest BCUT2D eigenvalue weighted by molar-refractivity contribution is 5.83. The maximum absolute atomic E-state index is 4.38. The zero-order chi connectivity index (χ0) is 15.1. The van der Waals surface area contributed by atoms with Crippen LogP contribution >= 0.6 is 0 Å². The van der Waals surface area contributed by atoms with Gasteiger partial charge in [0, 0.05) is 31.7 Å². The van der Waals surface area contributed by atoms with E-state index in [1.807, 2.05) is 24.4 Å². The summed E-state index contributed by atoms with van der Waals surface area (Å²) in [7, 11) is 1.80. The van der Waals surface area contributed by atoms with Crippen molar-refractivity contribution in [1.82, 2.24) is 15.6 Å². The topological polar surface area (TPSA) is 49.3 Å². The Balaban J connectivity index is 1.97. The number of fused-ring (bicyclic) bond motifs is 1. The van der Waals surface area contributed by atoms with Crippen molar-refractivity contribution in [2.24, 2.45) is 10.9 Å². The third-order valence-corrected chi connectivity index (χ3v) is 3.42. The molecule has 0 atom stereocenters. The summed E-state index contributed by atoms with van der Waals surface area (Å²) in [6.07, 6.45) is 2.99. The molecule has 0 amide bonds. The lowest BCUT2D eigenvalue weighted by atomic mass is 10.1. The van der Waals surface area contributed by atoms with Crippen LogP contribution in [0.2, 0.25) is 0 Å². The normalized spacial score (nSPS) is 11.9. The van der Waals surface area contributed by atoms with Gasteiger partial charge in [-0.2, -0.15) is 0 Å². The highest BCUT2D eigenvalue weighted by Crippen LogP contribution is 2.15. The van der Waals surface area contributed by atoms with Crippen LogP contribution in [-0.4, -0.2) is 24.5 Å². The van der Waals surface area contributed by atoms with Crippen LogP contribution in [0.5, 0.6) is 0 Å². The first kappa shape index (κ1) is 15.3. The van der Waals surface area contributed by atoms with E-state index in [-0.39, 0.29) is 0 Å². The van der Waals surface area contributed by atoms with E-state index >= 15 is 0 Å². The van der Waals surface area contributed by atoms with Crippen LogP contribution in [0.25, 0.3) is 10.9 Å². The molecular formula is C17H24N4. The van der Waals surface area contributed by atoms with Crippen LogP contribution in [0.4, 0.5) is 0 Å². The Labute approximate surface area is 126 Å². The number of hydrogen-bond acceptors (Lipinski definition) is 2. The second-order valence-electron chi connectivity index (χ2n) is 5.52. The number of nitrogens with zero attached hydrogens (tertiary/aromatic N) is 2. The monoisotopic (exact) mass is 284 g/mol. The number of nitrogens with one attached hydrogen (secondary N) is 2. The maximum Gasteiger partial charge on any atom is 0.191 e. The summed E-state index contributed by atoms with van der Waals surface area (Å²) in [4.78, 5) is 8.64. The fraction of sp³-hybridized carbons (Fsp3) is 0.412. The number of benzene rings is 1. The summed E-state index contributed by atoms with van der Waals surface area (Å²) in [6.45, 7) is 6.13. The first-order valence-corrected chi connectivity index (χ1v) is 7.48. The highest BCUT2D eigenvalue weighted by Gasteiger charge is 2.03. The van der Waals surface area contributed by atoms with Gasteiger partial charge in [0.2, 0.25) is 0 Å². The Morgan fingerprint density at radius 1 is 1.19 bits per heavy atom. The molecule has 0 saturated carbocycles. The van der Waals surface area contributed by atoms with Crippen LogP contribution in [-0.2, 0) is 6.54 Å². The standard InChI is InChI=1S/C17H24N4/c1-13(2)8-10-20-17(18-3)21-12-14-9-11-19-16-7-5-4-6-15(14)16/h4-7,9,11,13H,8,10,12H2,1-3H3,(H2,18,20,21). The molecule has 1 heterocycles. The molecule has 0 saturated heterocycles. The van der Waals surface area contributed by atoms with Crippen LogP contribution < -0.4 is 10.6 Å². The van der Waals surface area contributed by atoms with E-state index in [1.54, 1.807) is 7.05 Å². The van der Waals surface area contributed by atoms with Crippen LogP contribution in [0.15, 0.2) is 41.5 Å². The molecule has 0 aliphatic heterocycles. The molecular weight excluding hydrogens is 260 g/mol. The molecule has 1 aromatic heterocycles. The van der Waals surface area contributed by atoms with Gasteiger partial charge in [-0.3, -0.25) is 9.98 Å². The molecule has 4 heteroatoms. The molecule has 2 rings (SSSR count).